The highest BCUT2D eigenvalue weighted by atomic mass is 16.3. The number of aromatic nitrogens is 2. The lowest BCUT2D eigenvalue weighted by molar-refractivity contribution is -0.660. The molecule has 0 bridgehead atoms. The van der Waals surface area contributed by atoms with Gasteiger partial charge in [0.25, 0.3) is 0 Å². The third kappa shape index (κ3) is 3.19. The molecule has 3 heteroatoms. The van der Waals surface area contributed by atoms with Crippen LogP contribution in [0, 0.1) is 12.8 Å². The van der Waals surface area contributed by atoms with Crippen LogP contribution in [0.3, 0.4) is 0 Å². The van der Waals surface area contributed by atoms with E-state index in [1.165, 1.54) is 12.5 Å². The molecule has 0 radical (unpaired) electrons. The van der Waals surface area contributed by atoms with Gasteiger partial charge in [0, 0.05) is 34.1 Å². The predicted octanol–water partition coefficient (Wildman–Crippen LogP) is 6.10. The summed E-state index contributed by atoms with van der Waals surface area (Å²) in [5.41, 5.74) is 6.23. The van der Waals surface area contributed by atoms with Gasteiger partial charge in [-0.3, -0.25) is 0 Å². The van der Waals surface area contributed by atoms with Crippen molar-refractivity contribution in [1.82, 2.24) is 4.98 Å². The number of hydrogen-bond donors (Lipinski definition) is 0. The second-order valence-electron chi connectivity index (χ2n) is 7.96. The maximum absolute atomic E-state index is 8.25. The molecule has 3 nitrogen and oxygen atoms in total. The molecule has 1 unspecified atom stereocenters. The SMILES string of the molecule is [2H]C([2H])([2H])C([2H])(C)Cc1ccc2c(n1)oc1c(-c3cc(C(C)C)cc[n+]3C)c(C)ccc12. The lowest BCUT2D eigenvalue weighted by atomic mass is 9.97. The zero-order valence-corrected chi connectivity index (χ0v) is 17.1. The standard InChI is InChI=1S/C25H29N2O/c1-15(2)13-19-8-10-21-20-9-7-17(5)23(24(20)28-25(21)26-19)22-14-18(16(3)4)11-12-27(22)6/h7-12,14-16H,13H2,1-6H3/q+1/i1D3,15D. The van der Waals surface area contributed by atoms with E-state index in [0.29, 0.717) is 17.3 Å². The molecule has 4 aromatic rings. The van der Waals surface area contributed by atoms with Gasteiger partial charge in [-0.1, -0.05) is 39.8 Å². The molecule has 0 aliphatic carbocycles. The number of rotatable bonds is 4. The van der Waals surface area contributed by atoms with Crippen LogP contribution < -0.4 is 4.57 Å². The van der Waals surface area contributed by atoms with E-state index >= 15 is 0 Å². The van der Waals surface area contributed by atoms with Gasteiger partial charge in [0.05, 0.1) is 5.56 Å². The van der Waals surface area contributed by atoms with E-state index in [0.717, 1.165) is 33.2 Å². The topological polar surface area (TPSA) is 29.9 Å². The van der Waals surface area contributed by atoms with Gasteiger partial charge in [0.15, 0.2) is 11.8 Å². The molecule has 0 aliphatic heterocycles. The number of furan rings is 1. The molecule has 0 saturated carbocycles. The van der Waals surface area contributed by atoms with Crippen LogP contribution >= 0.6 is 0 Å². The summed E-state index contributed by atoms with van der Waals surface area (Å²) in [6.07, 6.45) is 2.10. The lowest BCUT2D eigenvalue weighted by Crippen LogP contribution is -2.31. The summed E-state index contributed by atoms with van der Waals surface area (Å²) in [5, 5.41) is 1.85. The van der Waals surface area contributed by atoms with Gasteiger partial charge in [0.2, 0.25) is 11.4 Å². The van der Waals surface area contributed by atoms with Crippen LogP contribution in [-0.2, 0) is 13.5 Å². The normalized spacial score (nSPS) is 16.6. The minimum absolute atomic E-state index is 0.0216. The Morgan fingerprint density at radius 1 is 1.14 bits per heavy atom. The van der Waals surface area contributed by atoms with Crippen LogP contribution in [-0.4, -0.2) is 4.98 Å². The molecule has 0 amide bonds. The molecule has 1 atom stereocenters. The summed E-state index contributed by atoms with van der Waals surface area (Å²) in [7, 11) is 2.03. The Hall–Kier alpha value is -2.68. The van der Waals surface area contributed by atoms with Crippen LogP contribution in [0.1, 0.15) is 55.8 Å². The smallest absolute Gasteiger partial charge is 0.227 e. The summed E-state index contributed by atoms with van der Waals surface area (Å²) in [6.45, 7) is 5.47. The van der Waals surface area contributed by atoms with Crippen LogP contribution in [0.15, 0.2) is 47.0 Å². The molecule has 3 aromatic heterocycles. The van der Waals surface area contributed by atoms with Gasteiger partial charge < -0.3 is 4.42 Å². The lowest BCUT2D eigenvalue weighted by Gasteiger charge is -2.09. The molecule has 3 heterocycles. The average molecular weight is 378 g/mol. The van der Waals surface area contributed by atoms with E-state index in [9.17, 15) is 0 Å². The quantitative estimate of drug-likeness (QED) is 0.402. The number of hydrogen-bond acceptors (Lipinski definition) is 2. The molecule has 0 aliphatic rings. The largest absolute Gasteiger partial charge is 0.437 e. The first-order valence-electron chi connectivity index (χ1n) is 11.7. The van der Waals surface area contributed by atoms with Gasteiger partial charge >= 0.3 is 0 Å². The highest BCUT2D eigenvalue weighted by Gasteiger charge is 2.22. The fraction of sp³-hybridized carbons (Fsp3) is 0.360. The summed E-state index contributed by atoms with van der Waals surface area (Å²) >= 11 is 0. The number of fused-ring (bicyclic) bond motifs is 3. The van der Waals surface area contributed by atoms with Gasteiger partial charge in [-0.05, 0) is 48.4 Å². The first kappa shape index (κ1) is 14.3. The van der Waals surface area contributed by atoms with Crippen molar-refractivity contribution >= 4 is 22.1 Å². The van der Waals surface area contributed by atoms with Crippen LogP contribution in [0.25, 0.3) is 33.3 Å². The molecule has 0 N–H and O–H groups in total. The van der Waals surface area contributed by atoms with Gasteiger partial charge in [-0.15, -0.1) is 0 Å². The first-order valence-corrected chi connectivity index (χ1v) is 9.71. The highest BCUT2D eigenvalue weighted by Crippen LogP contribution is 2.37. The third-order valence-electron chi connectivity index (χ3n) is 5.32. The third-order valence-corrected chi connectivity index (χ3v) is 5.32. The number of pyridine rings is 2. The van der Waals surface area contributed by atoms with Crippen LogP contribution in [0.5, 0.6) is 0 Å². The summed E-state index contributed by atoms with van der Waals surface area (Å²) in [5.74, 6) is -1.21. The molecule has 28 heavy (non-hydrogen) atoms. The molecule has 0 saturated heterocycles. The molecular weight excluding hydrogens is 344 g/mol. The fourth-order valence-electron chi connectivity index (χ4n) is 3.74. The van der Waals surface area contributed by atoms with E-state index in [4.69, 9.17) is 9.90 Å². The summed E-state index contributed by atoms with van der Waals surface area (Å²) in [4.78, 5) is 4.60. The Morgan fingerprint density at radius 2 is 1.93 bits per heavy atom. The molecule has 4 rings (SSSR count). The minimum atomic E-state index is -2.39. The second-order valence-corrected chi connectivity index (χ2v) is 7.96. The van der Waals surface area contributed by atoms with E-state index < -0.39 is 12.7 Å². The summed E-state index contributed by atoms with van der Waals surface area (Å²) in [6, 6.07) is 12.2. The average Bonchev–Trinajstić information content (AvgIpc) is 3.05. The van der Waals surface area contributed by atoms with Crippen LogP contribution in [0.4, 0.5) is 0 Å². The van der Waals surface area contributed by atoms with E-state index in [1.54, 1.807) is 6.07 Å². The molecule has 144 valence electrons. The van der Waals surface area contributed by atoms with E-state index in [-0.39, 0.29) is 6.42 Å². The second kappa shape index (κ2) is 7.05. The number of benzene rings is 1. The minimum Gasteiger partial charge on any atom is -0.437 e. The Morgan fingerprint density at radius 3 is 2.68 bits per heavy atom. The Kier molecular flexibility index (Phi) is 3.61. The Labute approximate surface area is 172 Å². The maximum atomic E-state index is 8.25. The van der Waals surface area contributed by atoms with Crippen molar-refractivity contribution in [2.24, 2.45) is 12.9 Å². The summed E-state index contributed by atoms with van der Waals surface area (Å²) < 4.78 is 39.6. The number of aryl methyl sites for hydroxylation is 2. The predicted molar refractivity (Wildman–Crippen MR) is 115 cm³/mol. The first-order chi connectivity index (χ1) is 14.9. The van der Waals surface area contributed by atoms with E-state index in [1.807, 2.05) is 19.2 Å². The van der Waals surface area contributed by atoms with Crippen molar-refractivity contribution < 1.29 is 14.5 Å². The van der Waals surface area contributed by atoms with Crippen molar-refractivity contribution in [2.45, 2.75) is 46.9 Å². The zero-order valence-electron chi connectivity index (χ0n) is 21.1. The van der Waals surface area contributed by atoms with Crippen molar-refractivity contribution in [2.75, 3.05) is 0 Å². The molecule has 0 fully saturated rings. The van der Waals surface area contributed by atoms with Crippen LogP contribution in [0.2, 0.25) is 0 Å². The van der Waals surface area contributed by atoms with Gasteiger partial charge in [-0.2, -0.15) is 0 Å². The zero-order chi connectivity index (χ0) is 23.4. The maximum Gasteiger partial charge on any atom is 0.227 e. The fourth-order valence-corrected chi connectivity index (χ4v) is 3.74. The highest BCUT2D eigenvalue weighted by molar-refractivity contribution is 6.08. The van der Waals surface area contributed by atoms with Crippen molar-refractivity contribution in [1.29, 1.82) is 0 Å². The molecular formula is C25H29N2O+. The van der Waals surface area contributed by atoms with Crippen molar-refractivity contribution in [3.05, 3.63) is 59.4 Å². The molecule has 0 spiro atoms. The van der Waals surface area contributed by atoms with Crippen molar-refractivity contribution in [3.63, 3.8) is 0 Å². The monoisotopic (exact) mass is 377 g/mol. The molecule has 1 aromatic carbocycles. The Bertz CT molecular complexity index is 1320. The Balaban J connectivity index is 1.90. The number of nitrogens with zero attached hydrogens (tertiary/aromatic N) is 2. The van der Waals surface area contributed by atoms with E-state index in [2.05, 4.69) is 54.7 Å². The van der Waals surface area contributed by atoms with Gasteiger partial charge in [-0.25, -0.2) is 9.55 Å². The van der Waals surface area contributed by atoms with Crippen molar-refractivity contribution in [3.8, 4) is 11.3 Å². The van der Waals surface area contributed by atoms with Gasteiger partial charge in [0.1, 0.15) is 7.05 Å².